The second-order valence-corrected chi connectivity index (χ2v) is 7.23. The van der Waals surface area contributed by atoms with Gasteiger partial charge in [-0.2, -0.15) is 5.10 Å². The first-order valence-corrected chi connectivity index (χ1v) is 7.80. The molecule has 2 aromatic heterocycles. The zero-order chi connectivity index (χ0) is 13.5. The van der Waals surface area contributed by atoms with Crippen LogP contribution in [0.5, 0.6) is 0 Å². The minimum atomic E-state index is -3.65. The van der Waals surface area contributed by atoms with Crippen molar-refractivity contribution in [2.24, 2.45) is 0 Å². The van der Waals surface area contributed by atoms with E-state index in [1.807, 2.05) is 0 Å². The minimum Gasteiger partial charge on any atom is -0.279 e. The van der Waals surface area contributed by atoms with Gasteiger partial charge in [0.15, 0.2) is 8.68 Å². The molecule has 0 saturated carbocycles. The van der Waals surface area contributed by atoms with E-state index in [0.29, 0.717) is 5.69 Å². The normalized spacial score (nSPS) is 11.8. The fourth-order valence-corrected chi connectivity index (χ4v) is 3.92. The maximum absolute atomic E-state index is 12.1. The molecule has 98 valence electrons. The van der Waals surface area contributed by atoms with Gasteiger partial charge in [-0.3, -0.25) is 9.82 Å². The molecule has 9 heteroatoms. The van der Waals surface area contributed by atoms with Gasteiger partial charge in [0.1, 0.15) is 0 Å². The van der Waals surface area contributed by atoms with Gasteiger partial charge in [-0.1, -0.05) is 22.9 Å². The van der Waals surface area contributed by atoms with Crippen LogP contribution in [0.2, 0.25) is 4.47 Å². The van der Waals surface area contributed by atoms with Gasteiger partial charge in [0.25, 0.3) is 10.0 Å². The van der Waals surface area contributed by atoms with Crippen molar-refractivity contribution < 1.29 is 8.42 Å². The Labute approximate surface area is 117 Å². The number of hydrogen-bond acceptors (Lipinski definition) is 5. The molecular weight excluding hydrogens is 308 g/mol. The maximum Gasteiger partial charge on any atom is 0.273 e. The third-order valence-electron chi connectivity index (χ3n) is 2.41. The molecular formula is C10H7ClN4O2S2. The van der Waals surface area contributed by atoms with Crippen LogP contribution >= 0.6 is 22.9 Å². The van der Waals surface area contributed by atoms with Crippen LogP contribution in [0.4, 0.5) is 5.69 Å². The van der Waals surface area contributed by atoms with Gasteiger partial charge in [-0.15, -0.1) is 0 Å². The third-order valence-corrected chi connectivity index (χ3v) is 5.37. The van der Waals surface area contributed by atoms with E-state index in [1.165, 1.54) is 6.20 Å². The summed E-state index contributed by atoms with van der Waals surface area (Å²) in [7, 11) is -3.65. The van der Waals surface area contributed by atoms with Crippen LogP contribution in [0.25, 0.3) is 10.9 Å². The van der Waals surface area contributed by atoms with Gasteiger partial charge in [-0.05, 0) is 18.2 Å². The molecule has 0 bridgehead atoms. The fraction of sp³-hybridized carbons (Fsp3) is 0. The Morgan fingerprint density at radius 3 is 2.89 bits per heavy atom. The van der Waals surface area contributed by atoms with Gasteiger partial charge in [0.05, 0.1) is 17.9 Å². The average Bonchev–Trinajstić information content (AvgIpc) is 2.96. The Hall–Kier alpha value is -1.64. The Morgan fingerprint density at radius 2 is 2.16 bits per heavy atom. The molecule has 0 aliphatic carbocycles. The number of nitrogens with one attached hydrogen (secondary N) is 2. The van der Waals surface area contributed by atoms with Crippen molar-refractivity contribution in [1.82, 2.24) is 15.2 Å². The number of aromatic nitrogens is 3. The molecule has 1 aromatic carbocycles. The first-order valence-electron chi connectivity index (χ1n) is 5.12. The smallest absolute Gasteiger partial charge is 0.273 e. The Kier molecular flexibility index (Phi) is 2.92. The molecule has 0 fully saturated rings. The van der Waals surface area contributed by atoms with Crippen molar-refractivity contribution in [2.45, 2.75) is 4.21 Å². The predicted molar refractivity (Wildman–Crippen MR) is 74.0 cm³/mol. The number of thiazole rings is 1. The number of aromatic amines is 1. The summed E-state index contributed by atoms with van der Waals surface area (Å²) in [5.74, 6) is 0. The van der Waals surface area contributed by atoms with Gasteiger partial charge in [-0.25, -0.2) is 13.4 Å². The highest BCUT2D eigenvalue weighted by Gasteiger charge is 2.17. The maximum atomic E-state index is 12.1. The van der Waals surface area contributed by atoms with Crippen molar-refractivity contribution in [1.29, 1.82) is 0 Å². The lowest BCUT2D eigenvalue weighted by Gasteiger charge is -2.05. The second-order valence-electron chi connectivity index (χ2n) is 3.71. The number of halogens is 1. The highest BCUT2D eigenvalue weighted by atomic mass is 35.5. The molecule has 0 aliphatic heterocycles. The lowest BCUT2D eigenvalue weighted by molar-refractivity contribution is 0.603. The highest BCUT2D eigenvalue weighted by Crippen LogP contribution is 2.25. The summed E-state index contributed by atoms with van der Waals surface area (Å²) in [6.45, 7) is 0. The molecule has 2 heterocycles. The van der Waals surface area contributed by atoms with Crippen LogP contribution in [0.3, 0.4) is 0 Å². The van der Waals surface area contributed by atoms with E-state index in [-0.39, 0.29) is 8.68 Å². The monoisotopic (exact) mass is 314 g/mol. The summed E-state index contributed by atoms with van der Waals surface area (Å²) >= 11 is 6.54. The van der Waals surface area contributed by atoms with Crippen LogP contribution in [0, 0.1) is 0 Å². The molecule has 3 rings (SSSR count). The Balaban J connectivity index is 1.95. The number of benzene rings is 1. The molecule has 2 N–H and O–H groups in total. The largest absolute Gasteiger partial charge is 0.279 e. The number of sulfonamides is 1. The van der Waals surface area contributed by atoms with E-state index in [1.54, 1.807) is 24.4 Å². The standard InChI is InChI=1S/C10H7ClN4O2S2/c11-10-12-5-9(18-10)19(16,17)15-7-1-2-8-6(3-7)4-13-14-8/h1-5,15H,(H,13,14). The van der Waals surface area contributed by atoms with Gasteiger partial charge in [0, 0.05) is 11.1 Å². The lowest BCUT2D eigenvalue weighted by atomic mass is 10.2. The molecule has 0 amide bonds. The van der Waals surface area contributed by atoms with Crippen LogP contribution in [-0.2, 0) is 10.0 Å². The third kappa shape index (κ3) is 2.42. The van der Waals surface area contributed by atoms with Crippen molar-refractivity contribution in [3.63, 3.8) is 0 Å². The van der Waals surface area contributed by atoms with E-state index in [0.717, 1.165) is 22.2 Å². The summed E-state index contributed by atoms with van der Waals surface area (Å²) in [5.41, 5.74) is 1.29. The zero-order valence-corrected chi connectivity index (χ0v) is 11.7. The summed E-state index contributed by atoms with van der Waals surface area (Å²) in [5, 5.41) is 7.49. The lowest BCUT2D eigenvalue weighted by Crippen LogP contribution is -2.11. The second kappa shape index (κ2) is 4.48. The highest BCUT2D eigenvalue weighted by molar-refractivity contribution is 7.94. The van der Waals surface area contributed by atoms with E-state index >= 15 is 0 Å². The number of H-pyrrole nitrogens is 1. The van der Waals surface area contributed by atoms with E-state index in [4.69, 9.17) is 11.6 Å². The number of rotatable bonds is 3. The topological polar surface area (TPSA) is 87.7 Å². The SMILES string of the molecule is O=S(=O)(Nc1ccc2[nH]ncc2c1)c1cnc(Cl)s1. The van der Waals surface area contributed by atoms with Gasteiger partial charge < -0.3 is 0 Å². The number of nitrogens with zero attached hydrogens (tertiary/aromatic N) is 2. The summed E-state index contributed by atoms with van der Waals surface area (Å²) in [6, 6.07) is 5.10. The van der Waals surface area contributed by atoms with Gasteiger partial charge >= 0.3 is 0 Å². The minimum absolute atomic E-state index is 0.0739. The molecule has 0 saturated heterocycles. The quantitative estimate of drug-likeness (QED) is 0.777. The first-order chi connectivity index (χ1) is 9.04. The van der Waals surface area contributed by atoms with Crippen LogP contribution in [0.1, 0.15) is 0 Å². The number of fused-ring (bicyclic) bond motifs is 1. The summed E-state index contributed by atoms with van der Waals surface area (Å²) in [6.07, 6.45) is 2.85. The van der Waals surface area contributed by atoms with Crippen molar-refractivity contribution in [2.75, 3.05) is 4.72 Å². The van der Waals surface area contributed by atoms with Crippen molar-refractivity contribution in [3.8, 4) is 0 Å². The number of hydrogen-bond donors (Lipinski definition) is 2. The average molecular weight is 315 g/mol. The van der Waals surface area contributed by atoms with Crippen molar-refractivity contribution >= 4 is 49.6 Å². The van der Waals surface area contributed by atoms with Crippen LogP contribution in [0.15, 0.2) is 34.8 Å². The summed E-state index contributed by atoms with van der Waals surface area (Å²) < 4.78 is 26.9. The summed E-state index contributed by atoms with van der Waals surface area (Å²) in [4.78, 5) is 3.72. The molecule has 0 spiro atoms. The molecule has 0 radical (unpaired) electrons. The zero-order valence-electron chi connectivity index (χ0n) is 9.29. The fourth-order valence-electron chi connectivity index (χ4n) is 1.58. The molecule has 0 aliphatic rings. The predicted octanol–water partition coefficient (Wildman–Crippen LogP) is 2.47. The van der Waals surface area contributed by atoms with Gasteiger partial charge in [0.2, 0.25) is 0 Å². The Morgan fingerprint density at radius 1 is 1.32 bits per heavy atom. The van der Waals surface area contributed by atoms with Crippen molar-refractivity contribution in [3.05, 3.63) is 35.1 Å². The number of anilines is 1. The van der Waals surface area contributed by atoms with E-state index in [2.05, 4.69) is 19.9 Å². The Bertz CT molecular complexity index is 840. The van der Waals surface area contributed by atoms with Crippen LogP contribution < -0.4 is 4.72 Å². The molecule has 3 aromatic rings. The molecule has 19 heavy (non-hydrogen) atoms. The van der Waals surface area contributed by atoms with E-state index in [9.17, 15) is 8.42 Å². The molecule has 0 atom stereocenters. The first kappa shape index (κ1) is 12.4. The van der Waals surface area contributed by atoms with E-state index < -0.39 is 10.0 Å². The van der Waals surface area contributed by atoms with Crippen LogP contribution in [-0.4, -0.2) is 23.6 Å². The molecule has 0 unspecified atom stereocenters. The molecule has 6 nitrogen and oxygen atoms in total.